The highest BCUT2D eigenvalue weighted by atomic mass is 28.4. The van der Waals surface area contributed by atoms with Gasteiger partial charge in [-0.1, -0.05) is 45.0 Å². The fourth-order valence-corrected chi connectivity index (χ4v) is 3.54. The number of aliphatic hydroxyl groups is 1. The van der Waals surface area contributed by atoms with Crippen molar-refractivity contribution in [2.45, 2.75) is 51.6 Å². The van der Waals surface area contributed by atoms with Gasteiger partial charge in [0.2, 0.25) is 0 Å². The Kier molecular flexibility index (Phi) is 7.88. The second-order valence-corrected chi connectivity index (χ2v) is 13.5. The molecular weight excluding hydrogens is 384 g/mol. The Morgan fingerprint density at radius 2 is 1.66 bits per heavy atom. The van der Waals surface area contributed by atoms with Crippen molar-refractivity contribution in [3.05, 3.63) is 59.2 Å². The molecular formula is C23H34O5Si. The van der Waals surface area contributed by atoms with Gasteiger partial charge in [0.05, 0.1) is 13.7 Å². The number of benzene rings is 2. The molecule has 0 bridgehead atoms. The first kappa shape index (κ1) is 23.4. The van der Waals surface area contributed by atoms with Crippen molar-refractivity contribution in [2.75, 3.05) is 21.0 Å². The normalized spacial score (nSPS) is 13.2. The fraction of sp³-hybridized carbons (Fsp3) is 0.478. The van der Waals surface area contributed by atoms with Gasteiger partial charge in [0.1, 0.15) is 17.6 Å². The van der Waals surface area contributed by atoms with Crippen LogP contribution in [0.5, 0.6) is 11.5 Å². The first-order chi connectivity index (χ1) is 13.6. The first-order valence-corrected chi connectivity index (χ1v) is 12.7. The Balaban J connectivity index is 2.17. The van der Waals surface area contributed by atoms with Crippen LogP contribution in [0.3, 0.4) is 0 Å². The molecule has 1 atom stereocenters. The van der Waals surface area contributed by atoms with E-state index in [0.29, 0.717) is 23.7 Å². The van der Waals surface area contributed by atoms with Crippen LogP contribution < -0.4 is 9.47 Å². The Morgan fingerprint density at radius 1 is 1.00 bits per heavy atom. The maximum Gasteiger partial charge on any atom is 0.192 e. The molecule has 2 aromatic carbocycles. The molecule has 1 unspecified atom stereocenters. The van der Waals surface area contributed by atoms with E-state index >= 15 is 0 Å². The minimum Gasteiger partial charge on any atom is -0.497 e. The number of methoxy groups -OCH3 is 2. The van der Waals surface area contributed by atoms with Crippen molar-refractivity contribution in [3.8, 4) is 11.5 Å². The molecule has 1 N–H and O–H groups in total. The molecule has 5 nitrogen and oxygen atoms in total. The Hall–Kier alpha value is -1.86. The summed E-state index contributed by atoms with van der Waals surface area (Å²) >= 11 is 0. The number of ether oxygens (including phenoxy) is 3. The zero-order chi connectivity index (χ0) is 21.7. The van der Waals surface area contributed by atoms with E-state index in [1.54, 1.807) is 32.4 Å². The van der Waals surface area contributed by atoms with Gasteiger partial charge in [0.25, 0.3) is 0 Å². The minimum absolute atomic E-state index is 0.107. The first-order valence-electron chi connectivity index (χ1n) is 9.79. The zero-order valence-corrected chi connectivity index (χ0v) is 19.6. The molecule has 160 valence electrons. The van der Waals surface area contributed by atoms with Gasteiger partial charge in [-0.25, -0.2) is 0 Å². The molecule has 0 spiro atoms. The molecule has 0 aliphatic carbocycles. The van der Waals surface area contributed by atoms with Crippen molar-refractivity contribution < 1.29 is 23.7 Å². The van der Waals surface area contributed by atoms with Crippen molar-refractivity contribution >= 4 is 8.32 Å². The van der Waals surface area contributed by atoms with Crippen LogP contribution in [0.2, 0.25) is 18.1 Å². The highest BCUT2D eigenvalue weighted by Crippen LogP contribution is 2.37. The van der Waals surface area contributed by atoms with Crippen LogP contribution in [-0.4, -0.2) is 34.4 Å². The molecule has 0 saturated carbocycles. The van der Waals surface area contributed by atoms with Crippen LogP contribution in [0.1, 0.15) is 43.6 Å². The third-order valence-corrected chi connectivity index (χ3v) is 10.0. The molecule has 0 aromatic heterocycles. The monoisotopic (exact) mass is 418 g/mol. The van der Waals surface area contributed by atoms with Gasteiger partial charge in [0.15, 0.2) is 15.1 Å². The predicted octanol–water partition coefficient (Wildman–Crippen LogP) is 5.28. The molecule has 6 heteroatoms. The standard InChI is InChI=1S/C23H34O5Si/c1-23(2,3)29(6,7)28-15-17-8-10-18(11-9-17)22(24)20-14-19(26-5)12-13-21(20)27-16-25-4/h8-14,22,24H,15-16H2,1-7H3. The number of aliphatic hydroxyl groups excluding tert-OH is 1. The lowest BCUT2D eigenvalue weighted by Gasteiger charge is -2.36. The number of rotatable bonds is 9. The van der Waals surface area contributed by atoms with Crippen LogP contribution in [0.4, 0.5) is 0 Å². The summed E-state index contributed by atoms with van der Waals surface area (Å²) in [4.78, 5) is 0. The van der Waals surface area contributed by atoms with E-state index in [2.05, 4.69) is 33.9 Å². The molecule has 2 rings (SSSR count). The van der Waals surface area contributed by atoms with Gasteiger partial charge < -0.3 is 23.7 Å². The van der Waals surface area contributed by atoms with Gasteiger partial charge >= 0.3 is 0 Å². The average molecular weight is 419 g/mol. The average Bonchev–Trinajstić information content (AvgIpc) is 2.69. The molecule has 0 aliphatic heterocycles. The third-order valence-electron chi connectivity index (χ3n) is 5.55. The summed E-state index contributed by atoms with van der Waals surface area (Å²) in [6.45, 7) is 11.9. The van der Waals surface area contributed by atoms with Crippen LogP contribution in [0.15, 0.2) is 42.5 Å². The smallest absolute Gasteiger partial charge is 0.192 e. The molecule has 0 amide bonds. The maximum absolute atomic E-state index is 10.9. The highest BCUT2D eigenvalue weighted by molar-refractivity contribution is 6.74. The van der Waals surface area contributed by atoms with Gasteiger partial charge in [0, 0.05) is 12.7 Å². The van der Waals surface area contributed by atoms with E-state index in [0.717, 1.165) is 11.1 Å². The Bertz CT molecular complexity index is 781. The van der Waals surface area contributed by atoms with Gasteiger partial charge in [-0.2, -0.15) is 0 Å². The zero-order valence-electron chi connectivity index (χ0n) is 18.6. The number of hydrogen-bond donors (Lipinski definition) is 1. The van der Waals surface area contributed by atoms with Crippen molar-refractivity contribution in [1.29, 1.82) is 0 Å². The Morgan fingerprint density at radius 3 is 2.21 bits per heavy atom. The molecule has 0 radical (unpaired) electrons. The second kappa shape index (κ2) is 9.76. The lowest BCUT2D eigenvalue weighted by Crippen LogP contribution is -2.40. The third kappa shape index (κ3) is 6.06. The summed E-state index contributed by atoms with van der Waals surface area (Å²) in [5.41, 5.74) is 2.50. The summed E-state index contributed by atoms with van der Waals surface area (Å²) in [5, 5.41) is 11.1. The van der Waals surface area contributed by atoms with E-state index in [1.165, 1.54) is 0 Å². The molecule has 0 fully saturated rings. The molecule has 2 aromatic rings. The van der Waals surface area contributed by atoms with Crippen LogP contribution in [-0.2, 0) is 15.8 Å². The second-order valence-electron chi connectivity index (χ2n) is 8.65. The summed E-state index contributed by atoms with van der Waals surface area (Å²) in [6, 6.07) is 13.2. The van der Waals surface area contributed by atoms with E-state index < -0.39 is 14.4 Å². The van der Waals surface area contributed by atoms with E-state index in [4.69, 9.17) is 18.6 Å². The fourth-order valence-electron chi connectivity index (χ4n) is 2.58. The minimum atomic E-state index is -1.80. The summed E-state index contributed by atoms with van der Waals surface area (Å²) in [5.74, 6) is 1.22. The molecule has 29 heavy (non-hydrogen) atoms. The molecule has 0 heterocycles. The lowest BCUT2D eigenvalue weighted by atomic mass is 9.99. The quantitative estimate of drug-likeness (QED) is 0.443. The summed E-state index contributed by atoms with van der Waals surface area (Å²) < 4.78 is 22.2. The maximum atomic E-state index is 10.9. The number of hydrogen-bond acceptors (Lipinski definition) is 5. The van der Waals surface area contributed by atoms with E-state index in [-0.39, 0.29) is 11.8 Å². The van der Waals surface area contributed by atoms with Gasteiger partial charge in [-0.05, 0) is 47.5 Å². The lowest BCUT2D eigenvalue weighted by molar-refractivity contribution is 0.0487. The summed E-state index contributed by atoms with van der Waals surface area (Å²) in [6.07, 6.45) is -0.840. The van der Waals surface area contributed by atoms with E-state index in [1.807, 2.05) is 24.3 Å². The SMILES string of the molecule is COCOc1ccc(OC)cc1C(O)c1ccc(CO[Si](C)(C)C(C)(C)C)cc1. The van der Waals surface area contributed by atoms with Crippen molar-refractivity contribution in [3.63, 3.8) is 0 Å². The Labute approximate surface area is 175 Å². The van der Waals surface area contributed by atoms with Gasteiger partial charge in [-0.15, -0.1) is 0 Å². The van der Waals surface area contributed by atoms with Crippen molar-refractivity contribution in [2.24, 2.45) is 0 Å². The van der Waals surface area contributed by atoms with Crippen LogP contribution >= 0.6 is 0 Å². The molecule has 0 aliphatic rings. The van der Waals surface area contributed by atoms with Crippen LogP contribution in [0.25, 0.3) is 0 Å². The van der Waals surface area contributed by atoms with Crippen molar-refractivity contribution in [1.82, 2.24) is 0 Å². The van der Waals surface area contributed by atoms with Gasteiger partial charge in [-0.3, -0.25) is 0 Å². The summed E-state index contributed by atoms with van der Waals surface area (Å²) in [7, 11) is 1.36. The largest absolute Gasteiger partial charge is 0.497 e. The molecule has 0 saturated heterocycles. The van der Waals surface area contributed by atoms with E-state index in [9.17, 15) is 5.11 Å². The van der Waals surface area contributed by atoms with Crippen LogP contribution in [0, 0.1) is 0 Å². The topological polar surface area (TPSA) is 57.2 Å². The predicted molar refractivity (Wildman–Crippen MR) is 118 cm³/mol. The highest BCUT2D eigenvalue weighted by Gasteiger charge is 2.37.